The van der Waals surface area contributed by atoms with Gasteiger partial charge in [-0.2, -0.15) is 8.78 Å². The molecule has 1 aromatic carbocycles. The van der Waals surface area contributed by atoms with Gasteiger partial charge in [0.05, 0.1) is 12.9 Å². The summed E-state index contributed by atoms with van der Waals surface area (Å²) in [6.45, 7) is -3.01. The second-order valence-electron chi connectivity index (χ2n) is 4.68. The van der Waals surface area contributed by atoms with Crippen molar-refractivity contribution in [1.29, 1.82) is 0 Å². The van der Waals surface area contributed by atoms with E-state index in [4.69, 9.17) is 4.74 Å². The average Bonchev–Trinajstić information content (AvgIpc) is 2.38. The zero-order valence-corrected chi connectivity index (χ0v) is 13.2. The number of sulfone groups is 1. The molecule has 0 aromatic heterocycles. The molecule has 0 saturated carbocycles. The van der Waals surface area contributed by atoms with E-state index in [1.807, 2.05) is 0 Å². The number of carbonyl (C=O) groups excluding carboxylic acids is 1. The molecule has 0 spiro atoms. The maximum atomic E-state index is 12.2. The lowest BCUT2D eigenvalue weighted by atomic mass is 10.2. The lowest BCUT2D eigenvalue weighted by Gasteiger charge is -2.13. The molecule has 1 amide bonds. The van der Waals surface area contributed by atoms with Crippen LogP contribution in [-0.4, -0.2) is 52.8 Å². The maximum Gasteiger partial charge on any atom is 0.387 e. The third-order valence-electron chi connectivity index (χ3n) is 2.67. The molecule has 0 unspecified atom stereocenters. The van der Waals surface area contributed by atoms with E-state index < -0.39 is 33.9 Å². The van der Waals surface area contributed by atoms with Crippen LogP contribution in [0.1, 0.15) is 5.56 Å². The first-order chi connectivity index (χ1) is 10.1. The summed E-state index contributed by atoms with van der Waals surface area (Å²) in [6, 6.07) is 3.82. The van der Waals surface area contributed by atoms with Crippen LogP contribution < -0.4 is 9.47 Å². The van der Waals surface area contributed by atoms with E-state index in [1.54, 1.807) is 0 Å². The van der Waals surface area contributed by atoms with Crippen molar-refractivity contribution in [3.63, 3.8) is 0 Å². The Labute approximate surface area is 127 Å². The number of hydrogen-bond donors (Lipinski definition) is 0. The van der Waals surface area contributed by atoms with Crippen LogP contribution in [0.25, 0.3) is 0 Å². The summed E-state index contributed by atoms with van der Waals surface area (Å²) in [4.78, 5) is 12.6. The fraction of sp³-hybridized carbons (Fsp3) is 0.462. The Balaban J connectivity index is 2.92. The number of methoxy groups -OCH3 is 1. The van der Waals surface area contributed by atoms with Crippen LogP contribution in [0.15, 0.2) is 18.2 Å². The zero-order chi connectivity index (χ0) is 16.9. The van der Waals surface area contributed by atoms with E-state index in [1.165, 1.54) is 44.3 Å². The Kier molecular flexibility index (Phi) is 6.10. The molecular weight excluding hydrogens is 320 g/mol. The molecule has 0 aliphatic carbocycles. The highest BCUT2D eigenvalue weighted by molar-refractivity contribution is 7.91. The summed E-state index contributed by atoms with van der Waals surface area (Å²) in [5, 5.41) is 0. The molecule has 0 saturated heterocycles. The normalized spacial score (nSPS) is 11.4. The Morgan fingerprint density at radius 1 is 1.27 bits per heavy atom. The van der Waals surface area contributed by atoms with E-state index in [-0.39, 0.29) is 11.5 Å². The average molecular weight is 337 g/mol. The number of hydrogen-bond acceptors (Lipinski definition) is 5. The number of benzene rings is 1. The third-order valence-corrected chi connectivity index (χ3v) is 4.13. The SMILES string of the molecule is COc1cc(CS(=O)(=O)CC(=O)N(C)C)ccc1OC(F)F. The number of alkyl halides is 2. The lowest BCUT2D eigenvalue weighted by molar-refractivity contribution is -0.125. The van der Waals surface area contributed by atoms with Gasteiger partial charge in [-0.05, 0) is 17.7 Å². The summed E-state index contributed by atoms with van der Waals surface area (Å²) < 4.78 is 57.4. The van der Waals surface area contributed by atoms with Gasteiger partial charge in [-0.3, -0.25) is 4.79 Å². The molecular formula is C13H17F2NO5S. The topological polar surface area (TPSA) is 72.9 Å². The van der Waals surface area contributed by atoms with Gasteiger partial charge in [-0.25, -0.2) is 8.42 Å². The maximum absolute atomic E-state index is 12.2. The summed E-state index contributed by atoms with van der Waals surface area (Å²) in [7, 11) is 0.487. The van der Waals surface area contributed by atoms with E-state index in [0.29, 0.717) is 5.56 Å². The summed E-state index contributed by atoms with van der Waals surface area (Å²) in [5.74, 6) is -1.77. The van der Waals surface area contributed by atoms with Crippen molar-refractivity contribution in [1.82, 2.24) is 4.90 Å². The van der Waals surface area contributed by atoms with Crippen molar-refractivity contribution in [2.45, 2.75) is 12.4 Å². The van der Waals surface area contributed by atoms with Crippen molar-refractivity contribution in [2.24, 2.45) is 0 Å². The van der Waals surface area contributed by atoms with E-state index >= 15 is 0 Å². The van der Waals surface area contributed by atoms with Gasteiger partial charge in [0, 0.05) is 14.1 Å². The fourth-order valence-corrected chi connectivity index (χ4v) is 3.04. The quantitative estimate of drug-likeness (QED) is 0.750. The van der Waals surface area contributed by atoms with Crippen molar-refractivity contribution in [3.8, 4) is 11.5 Å². The van der Waals surface area contributed by atoms with Crippen LogP contribution in [0.4, 0.5) is 8.78 Å². The fourth-order valence-electron chi connectivity index (χ4n) is 1.62. The van der Waals surface area contributed by atoms with Crippen LogP contribution in [0.5, 0.6) is 11.5 Å². The standard InChI is InChI=1S/C13H17F2NO5S/c1-16(2)12(17)8-22(18,19)7-9-4-5-10(21-13(14)15)11(6-9)20-3/h4-6,13H,7-8H2,1-3H3. The van der Waals surface area contributed by atoms with E-state index in [0.717, 1.165) is 0 Å². The van der Waals surface area contributed by atoms with Crippen molar-refractivity contribution >= 4 is 15.7 Å². The molecule has 22 heavy (non-hydrogen) atoms. The van der Waals surface area contributed by atoms with Crippen molar-refractivity contribution < 1.29 is 31.5 Å². The number of amides is 1. The number of nitrogens with zero attached hydrogens (tertiary/aromatic N) is 1. The number of rotatable bonds is 7. The van der Waals surface area contributed by atoms with Gasteiger partial charge >= 0.3 is 6.61 Å². The minimum Gasteiger partial charge on any atom is -0.493 e. The minimum atomic E-state index is -3.68. The van der Waals surface area contributed by atoms with Crippen molar-refractivity contribution in [2.75, 3.05) is 27.0 Å². The molecule has 0 N–H and O–H groups in total. The van der Waals surface area contributed by atoms with Crippen LogP contribution in [0, 0.1) is 0 Å². The van der Waals surface area contributed by atoms with Gasteiger partial charge in [-0.15, -0.1) is 0 Å². The number of ether oxygens (including phenoxy) is 2. The molecule has 0 radical (unpaired) electrons. The molecule has 0 aliphatic rings. The first kappa shape index (κ1) is 18.1. The number of carbonyl (C=O) groups is 1. The molecule has 1 rings (SSSR count). The Hall–Kier alpha value is -1.90. The second-order valence-corrected chi connectivity index (χ2v) is 6.75. The molecule has 124 valence electrons. The Morgan fingerprint density at radius 3 is 2.41 bits per heavy atom. The van der Waals surface area contributed by atoms with Gasteiger partial charge in [-0.1, -0.05) is 6.07 Å². The summed E-state index contributed by atoms with van der Waals surface area (Å²) in [5.41, 5.74) is 0.310. The van der Waals surface area contributed by atoms with Gasteiger partial charge < -0.3 is 14.4 Å². The molecule has 0 bridgehead atoms. The molecule has 1 aromatic rings. The molecule has 0 aliphatic heterocycles. The largest absolute Gasteiger partial charge is 0.493 e. The highest BCUT2D eigenvalue weighted by atomic mass is 32.2. The zero-order valence-electron chi connectivity index (χ0n) is 12.4. The number of halogens is 2. The van der Waals surface area contributed by atoms with Crippen LogP contribution in [0.2, 0.25) is 0 Å². The predicted octanol–water partition coefficient (Wildman–Crippen LogP) is 1.30. The first-order valence-corrected chi connectivity index (χ1v) is 7.99. The van der Waals surface area contributed by atoms with Crippen LogP contribution in [0.3, 0.4) is 0 Å². The van der Waals surface area contributed by atoms with Crippen LogP contribution in [-0.2, 0) is 20.4 Å². The monoisotopic (exact) mass is 337 g/mol. The lowest BCUT2D eigenvalue weighted by Crippen LogP contribution is -2.29. The molecule has 0 heterocycles. The van der Waals surface area contributed by atoms with Crippen LogP contribution >= 0.6 is 0 Å². The summed E-state index contributed by atoms with van der Waals surface area (Å²) >= 11 is 0. The predicted molar refractivity (Wildman–Crippen MR) is 75.8 cm³/mol. The highest BCUT2D eigenvalue weighted by Gasteiger charge is 2.20. The van der Waals surface area contributed by atoms with E-state index in [2.05, 4.69) is 4.74 Å². The smallest absolute Gasteiger partial charge is 0.387 e. The van der Waals surface area contributed by atoms with Gasteiger partial charge in [0.25, 0.3) is 0 Å². The molecule has 6 nitrogen and oxygen atoms in total. The Bertz CT molecular complexity index is 631. The van der Waals surface area contributed by atoms with E-state index in [9.17, 15) is 22.0 Å². The Morgan fingerprint density at radius 2 is 1.91 bits per heavy atom. The molecule has 0 atom stereocenters. The summed E-state index contributed by atoms with van der Waals surface area (Å²) in [6.07, 6.45) is 0. The van der Waals surface area contributed by atoms with Crippen molar-refractivity contribution in [3.05, 3.63) is 23.8 Å². The van der Waals surface area contributed by atoms with Gasteiger partial charge in [0.2, 0.25) is 5.91 Å². The van der Waals surface area contributed by atoms with Gasteiger partial charge in [0.1, 0.15) is 5.75 Å². The first-order valence-electron chi connectivity index (χ1n) is 6.17. The molecule has 0 fully saturated rings. The van der Waals surface area contributed by atoms with Gasteiger partial charge in [0.15, 0.2) is 21.3 Å². The highest BCUT2D eigenvalue weighted by Crippen LogP contribution is 2.30. The third kappa shape index (κ3) is 5.47. The second kappa shape index (κ2) is 7.39. The molecule has 9 heteroatoms. The minimum absolute atomic E-state index is 0.00747.